The van der Waals surface area contributed by atoms with Crippen molar-refractivity contribution in [2.24, 2.45) is 0 Å². The standard InChI is InChI=1S/C6H14O3/c1-5(8-2)6(4-7)9-3/h5-7H,4H2,1-3H3/t5-,6+/m1/s1. The molecule has 0 radical (unpaired) electrons. The molecule has 0 aliphatic rings. The summed E-state index contributed by atoms with van der Waals surface area (Å²) in [6, 6.07) is 0. The average Bonchev–Trinajstić information content (AvgIpc) is 1.90. The number of aliphatic hydroxyl groups excluding tert-OH is 1. The van der Waals surface area contributed by atoms with Crippen LogP contribution in [0.25, 0.3) is 0 Å². The number of hydrogen-bond acceptors (Lipinski definition) is 3. The van der Waals surface area contributed by atoms with Crippen molar-refractivity contribution in [3.63, 3.8) is 0 Å². The first kappa shape index (κ1) is 8.88. The van der Waals surface area contributed by atoms with Crippen molar-refractivity contribution in [3.8, 4) is 0 Å². The third kappa shape index (κ3) is 2.79. The van der Waals surface area contributed by atoms with Crippen molar-refractivity contribution < 1.29 is 14.6 Å². The van der Waals surface area contributed by atoms with Crippen molar-refractivity contribution in [1.29, 1.82) is 0 Å². The number of aliphatic hydroxyl groups is 1. The molecule has 0 aromatic carbocycles. The fraction of sp³-hybridized carbons (Fsp3) is 1.00. The summed E-state index contributed by atoms with van der Waals surface area (Å²) in [6.07, 6.45) is -0.241. The smallest absolute Gasteiger partial charge is 0.106 e. The lowest BCUT2D eigenvalue weighted by Gasteiger charge is -2.18. The minimum absolute atomic E-state index is 0.00546. The summed E-state index contributed by atoms with van der Waals surface area (Å²) in [5, 5.41) is 8.62. The first-order valence-corrected chi connectivity index (χ1v) is 2.92. The fourth-order valence-corrected chi connectivity index (χ4v) is 0.566. The van der Waals surface area contributed by atoms with Crippen LogP contribution in [0, 0.1) is 0 Å². The summed E-state index contributed by atoms with van der Waals surface area (Å²) >= 11 is 0. The molecule has 0 aromatic rings. The maximum absolute atomic E-state index is 8.62. The number of methoxy groups -OCH3 is 2. The van der Waals surface area contributed by atoms with Gasteiger partial charge in [-0.3, -0.25) is 0 Å². The van der Waals surface area contributed by atoms with Crippen LogP contribution in [-0.4, -0.2) is 38.1 Å². The summed E-state index contributed by atoms with van der Waals surface area (Å²) in [5.74, 6) is 0. The number of ether oxygens (including phenoxy) is 2. The van der Waals surface area contributed by atoms with E-state index in [1.807, 2.05) is 6.92 Å². The van der Waals surface area contributed by atoms with E-state index in [0.717, 1.165) is 0 Å². The molecule has 1 N–H and O–H groups in total. The molecule has 0 fully saturated rings. The molecule has 0 aromatic heterocycles. The van der Waals surface area contributed by atoms with E-state index in [1.165, 1.54) is 0 Å². The molecule has 0 heterocycles. The third-order valence-electron chi connectivity index (χ3n) is 1.38. The van der Waals surface area contributed by atoms with Gasteiger partial charge in [0.2, 0.25) is 0 Å². The lowest BCUT2D eigenvalue weighted by molar-refractivity contribution is -0.0511. The highest BCUT2D eigenvalue weighted by Gasteiger charge is 2.13. The molecule has 2 atom stereocenters. The van der Waals surface area contributed by atoms with E-state index >= 15 is 0 Å². The van der Waals surface area contributed by atoms with Gasteiger partial charge in [0.25, 0.3) is 0 Å². The first-order valence-electron chi connectivity index (χ1n) is 2.92. The second kappa shape index (κ2) is 4.73. The van der Waals surface area contributed by atoms with E-state index in [-0.39, 0.29) is 18.8 Å². The topological polar surface area (TPSA) is 38.7 Å². The van der Waals surface area contributed by atoms with Gasteiger partial charge in [0.1, 0.15) is 6.10 Å². The van der Waals surface area contributed by atoms with Gasteiger partial charge in [0.05, 0.1) is 12.7 Å². The second-order valence-corrected chi connectivity index (χ2v) is 1.90. The van der Waals surface area contributed by atoms with E-state index < -0.39 is 0 Å². The van der Waals surface area contributed by atoms with Gasteiger partial charge in [0.15, 0.2) is 0 Å². The molecule has 0 unspecified atom stereocenters. The maximum atomic E-state index is 8.62. The first-order chi connectivity index (χ1) is 4.26. The van der Waals surface area contributed by atoms with Gasteiger partial charge < -0.3 is 14.6 Å². The quantitative estimate of drug-likeness (QED) is 0.589. The summed E-state index contributed by atoms with van der Waals surface area (Å²) in [4.78, 5) is 0. The molecule has 3 nitrogen and oxygen atoms in total. The molecule has 0 rings (SSSR count). The molecule has 56 valence electrons. The molecule has 0 saturated heterocycles. The van der Waals surface area contributed by atoms with Crippen molar-refractivity contribution in [2.45, 2.75) is 19.1 Å². The predicted molar refractivity (Wildman–Crippen MR) is 34.4 cm³/mol. The second-order valence-electron chi connectivity index (χ2n) is 1.90. The Morgan fingerprint density at radius 3 is 2.00 bits per heavy atom. The Kier molecular flexibility index (Phi) is 4.67. The van der Waals surface area contributed by atoms with E-state index in [2.05, 4.69) is 0 Å². The molecule has 0 aliphatic heterocycles. The van der Waals surface area contributed by atoms with Crippen LogP contribution in [-0.2, 0) is 9.47 Å². The van der Waals surface area contributed by atoms with Crippen molar-refractivity contribution in [2.75, 3.05) is 20.8 Å². The normalized spacial score (nSPS) is 17.3. The van der Waals surface area contributed by atoms with E-state index in [0.29, 0.717) is 0 Å². The predicted octanol–water partition coefficient (Wildman–Crippen LogP) is 0.0286. The molecule has 0 bridgehead atoms. The minimum Gasteiger partial charge on any atom is -0.394 e. The van der Waals surface area contributed by atoms with Crippen LogP contribution in [0.5, 0.6) is 0 Å². The van der Waals surface area contributed by atoms with Crippen LogP contribution in [0.1, 0.15) is 6.92 Å². The minimum atomic E-state index is -0.199. The summed E-state index contributed by atoms with van der Waals surface area (Å²) in [7, 11) is 3.14. The highest BCUT2D eigenvalue weighted by atomic mass is 16.5. The average molecular weight is 134 g/mol. The Balaban J connectivity index is 3.50. The monoisotopic (exact) mass is 134 g/mol. The summed E-state index contributed by atoms with van der Waals surface area (Å²) < 4.78 is 9.79. The van der Waals surface area contributed by atoms with Crippen molar-refractivity contribution in [1.82, 2.24) is 0 Å². The SMILES string of the molecule is CO[C@@H](CO)[C@@H](C)OC. The Bertz CT molecular complexity index is 61.3. The Hall–Kier alpha value is -0.120. The lowest BCUT2D eigenvalue weighted by Crippen LogP contribution is -2.30. The van der Waals surface area contributed by atoms with Gasteiger partial charge in [-0.15, -0.1) is 0 Å². The Morgan fingerprint density at radius 1 is 1.33 bits per heavy atom. The van der Waals surface area contributed by atoms with Gasteiger partial charge >= 0.3 is 0 Å². The highest BCUT2D eigenvalue weighted by Crippen LogP contribution is 1.99. The molecular formula is C6H14O3. The molecular weight excluding hydrogens is 120 g/mol. The van der Waals surface area contributed by atoms with E-state index in [1.54, 1.807) is 14.2 Å². The third-order valence-corrected chi connectivity index (χ3v) is 1.38. The Morgan fingerprint density at radius 2 is 1.89 bits per heavy atom. The largest absolute Gasteiger partial charge is 0.394 e. The Labute approximate surface area is 55.6 Å². The molecule has 0 aliphatic carbocycles. The molecule has 0 amide bonds. The molecule has 0 saturated carbocycles. The van der Waals surface area contributed by atoms with E-state index in [4.69, 9.17) is 14.6 Å². The summed E-state index contributed by atoms with van der Waals surface area (Å²) in [5.41, 5.74) is 0. The van der Waals surface area contributed by atoms with Crippen LogP contribution < -0.4 is 0 Å². The number of hydrogen-bond donors (Lipinski definition) is 1. The zero-order valence-corrected chi connectivity index (χ0v) is 6.13. The highest BCUT2D eigenvalue weighted by molar-refractivity contribution is 4.62. The van der Waals surface area contributed by atoms with Crippen molar-refractivity contribution >= 4 is 0 Å². The fourth-order valence-electron chi connectivity index (χ4n) is 0.566. The van der Waals surface area contributed by atoms with Crippen LogP contribution in [0.4, 0.5) is 0 Å². The molecule has 0 spiro atoms. The lowest BCUT2D eigenvalue weighted by atomic mass is 10.2. The van der Waals surface area contributed by atoms with E-state index in [9.17, 15) is 0 Å². The van der Waals surface area contributed by atoms with Gasteiger partial charge in [-0.05, 0) is 6.92 Å². The maximum Gasteiger partial charge on any atom is 0.106 e. The van der Waals surface area contributed by atoms with Crippen LogP contribution >= 0.6 is 0 Å². The van der Waals surface area contributed by atoms with Crippen LogP contribution in [0.2, 0.25) is 0 Å². The molecule has 3 heteroatoms. The zero-order chi connectivity index (χ0) is 7.28. The molecule has 9 heavy (non-hydrogen) atoms. The number of rotatable bonds is 4. The van der Waals surface area contributed by atoms with Crippen LogP contribution in [0.3, 0.4) is 0 Å². The summed E-state index contributed by atoms with van der Waals surface area (Å²) in [6.45, 7) is 1.86. The van der Waals surface area contributed by atoms with Crippen LogP contribution in [0.15, 0.2) is 0 Å². The van der Waals surface area contributed by atoms with Gasteiger partial charge in [-0.25, -0.2) is 0 Å². The van der Waals surface area contributed by atoms with Gasteiger partial charge in [0, 0.05) is 14.2 Å². The zero-order valence-electron chi connectivity index (χ0n) is 6.13. The van der Waals surface area contributed by atoms with Gasteiger partial charge in [-0.2, -0.15) is 0 Å². The van der Waals surface area contributed by atoms with Gasteiger partial charge in [-0.1, -0.05) is 0 Å². The van der Waals surface area contributed by atoms with Crippen molar-refractivity contribution in [3.05, 3.63) is 0 Å².